The van der Waals surface area contributed by atoms with Gasteiger partial charge in [0.15, 0.2) is 4.34 Å². The summed E-state index contributed by atoms with van der Waals surface area (Å²) in [4.78, 5) is 16.5. The van der Waals surface area contributed by atoms with Gasteiger partial charge in [0, 0.05) is 5.69 Å². The fourth-order valence-corrected chi connectivity index (χ4v) is 3.60. The first-order valence-corrected chi connectivity index (χ1v) is 9.21. The summed E-state index contributed by atoms with van der Waals surface area (Å²) in [6, 6.07) is 15.3. The topological polar surface area (TPSA) is 51.2 Å². The number of hydrogen-bond donors (Lipinski definition) is 1. The summed E-state index contributed by atoms with van der Waals surface area (Å²) in [5.74, 6) is 0.714. The van der Waals surface area contributed by atoms with Crippen LogP contribution in [0.3, 0.4) is 0 Å². The molecule has 0 atom stereocenters. The Labute approximate surface area is 142 Å². The van der Waals surface area contributed by atoms with E-state index in [0.717, 1.165) is 26.0 Å². The number of rotatable bonds is 6. The Hall–Kier alpha value is -2.05. The Bertz CT molecular complexity index is 803. The zero-order valence-corrected chi connectivity index (χ0v) is 14.2. The van der Waals surface area contributed by atoms with Gasteiger partial charge in [0.25, 0.3) is 0 Å². The number of para-hydroxylation sites is 1. The van der Waals surface area contributed by atoms with E-state index in [2.05, 4.69) is 10.3 Å². The van der Waals surface area contributed by atoms with Crippen LogP contribution in [0.2, 0.25) is 0 Å². The van der Waals surface area contributed by atoms with Crippen LogP contribution < -0.4 is 10.1 Å². The van der Waals surface area contributed by atoms with E-state index in [9.17, 15) is 4.79 Å². The van der Waals surface area contributed by atoms with Crippen molar-refractivity contribution in [1.29, 1.82) is 0 Å². The smallest absolute Gasteiger partial charge is 0.227 e. The minimum absolute atomic E-state index is 0.0603. The van der Waals surface area contributed by atoms with Crippen LogP contribution in [-0.2, 0) is 4.79 Å². The maximum Gasteiger partial charge on any atom is 0.227 e. The number of anilines is 1. The van der Waals surface area contributed by atoms with E-state index in [1.54, 1.807) is 23.1 Å². The highest BCUT2D eigenvalue weighted by Gasteiger charge is 2.07. The molecule has 0 saturated heterocycles. The third-order valence-corrected chi connectivity index (χ3v) is 5.17. The van der Waals surface area contributed by atoms with E-state index in [-0.39, 0.29) is 5.91 Å². The molecule has 0 fully saturated rings. The van der Waals surface area contributed by atoms with E-state index >= 15 is 0 Å². The second-order valence-electron chi connectivity index (χ2n) is 4.83. The lowest BCUT2D eigenvalue weighted by Gasteiger charge is -2.07. The first-order valence-electron chi connectivity index (χ1n) is 7.17. The number of benzene rings is 2. The fraction of sp³-hybridized carbons (Fsp3) is 0.176. The van der Waals surface area contributed by atoms with Gasteiger partial charge in [0.05, 0.1) is 23.2 Å². The van der Waals surface area contributed by atoms with Gasteiger partial charge in [0.1, 0.15) is 5.75 Å². The lowest BCUT2D eigenvalue weighted by molar-refractivity contribution is -0.116. The SMILES string of the molecule is CSc1nc2ccc(NC(=O)CCOc3ccccc3)cc2s1. The maximum absolute atomic E-state index is 12.0. The van der Waals surface area contributed by atoms with Crippen molar-refractivity contribution in [2.45, 2.75) is 10.8 Å². The summed E-state index contributed by atoms with van der Waals surface area (Å²) in [6.45, 7) is 0.356. The number of fused-ring (bicyclic) bond motifs is 1. The highest BCUT2D eigenvalue weighted by Crippen LogP contribution is 2.29. The number of thioether (sulfide) groups is 1. The molecular formula is C17H16N2O2S2. The Balaban J connectivity index is 1.55. The van der Waals surface area contributed by atoms with Gasteiger partial charge in [-0.25, -0.2) is 4.98 Å². The van der Waals surface area contributed by atoms with Crippen molar-refractivity contribution in [1.82, 2.24) is 4.98 Å². The largest absolute Gasteiger partial charge is 0.493 e. The molecule has 0 aliphatic heterocycles. The number of amides is 1. The Morgan fingerprint density at radius 3 is 2.87 bits per heavy atom. The molecule has 1 N–H and O–H groups in total. The van der Waals surface area contributed by atoms with Gasteiger partial charge in [-0.2, -0.15) is 0 Å². The minimum Gasteiger partial charge on any atom is -0.493 e. The predicted molar refractivity (Wildman–Crippen MR) is 96.6 cm³/mol. The van der Waals surface area contributed by atoms with Crippen LogP contribution in [0, 0.1) is 0 Å². The van der Waals surface area contributed by atoms with Crippen LogP contribution in [0.15, 0.2) is 52.9 Å². The normalized spacial score (nSPS) is 10.7. The second kappa shape index (κ2) is 7.48. The Morgan fingerprint density at radius 2 is 2.09 bits per heavy atom. The van der Waals surface area contributed by atoms with Crippen molar-refractivity contribution in [3.05, 3.63) is 48.5 Å². The number of hydrogen-bond acceptors (Lipinski definition) is 5. The molecule has 23 heavy (non-hydrogen) atoms. The summed E-state index contributed by atoms with van der Waals surface area (Å²) in [5, 5.41) is 2.90. The molecule has 1 heterocycles. The third kappa shape index (κ3) is 4.24. The number of nitrogens with one attached hydrogen (secondary N) is 1. The second-order valence-corrected chi connectivity index (χ2v) is 6.91. The van der Waals surface area contributed by atoms with E-state index in [1.807, 2.05) is 54.8 Å². The number of ether oxygens (including phenoxy) is 1. The van der Waals surface area contributed by atoms with Crippen molar-refractivity contribution < 1.29 is 9.53 Å². The number of aromatic nitrogens is 1. The molecule has 3 rings (SSSR count). The minimum atomic E-state index is -0.0603. The van der Waals surface area contributed by atoms with Crippen LogP contribution in [-0.4, -0.2) is 23.8 Å². The van der Waals surface area contributed by atoms with Crippen LogP contribution in [0.1, 0.15) is 6.42 Å². The molecule has 0 unspecified atom stereocenters. The van der Waals surface area contributed by atoms with Gasteiger partial charge in [0.2, 0.25) is 5.91 Å². The lowest BCUT2D eigenvalue weighted by atomic mass is 10.3. The molecule has 118 valence electrons. The van der Waals surface area contributed by atoms with Crippen LogP contribution in [0.4, 0.5) is 5.69 Å². The Morgan fingerprint density at radius 1 is 1.26 bits per heavy atom. The molecular weight excluding hydrogens is 328 g/mol. The Kier molecular flexibility index (Phi) is 5.15. The first-order chi connectivity index (χ1) is 11.2. The summed E-state index contributed by atoms with van der Waals surface area (Å²) in [5.41, 5.74) is 1.75. The van der Waals surface area contributed by atoms with Gasteiger partial charge >= 0.3 is 0 Å². The van der Waals surface area contributed by atoms with Gasteiger partial charge in [-0.1, -0.05) is 30.0 Å². The summed E-state index contributed by atoms with van der Waals surface area (Å²) in [6.07, 6.45) is 2.32. The first kappa shape index (κ1) is 15.8. The molecule has 0 bridgehead atoms. The van der Waals surface area contributed by atoms with Crippen LogP contribution in [0.25, 0.3) is 10.2 Å². The highest BCUT2D eigenvalue weighted by atomic mass is 32.2. The van der Waals surface area contributed by atoms with Crippen LogP contribution >= 0.6 is 23.1 Å². The monoisotopic (exact) mass is 344 g/mol. The van der Waals surface area contributed by atoms with Gasteiger partial charge in [-0.05, 0) is 36.6 Å². The van der Waals surface area contributed by atoms with Gasteiger partial charge in [-0.3, -0.25) is 4.79 Å². The third-order valence-electron chi connectivity index (χ3n) is 3.17. The zero-order chi connectivity index (χ0) is 16.1. The summed E-state index contributed by atoms with van der Waals surface area (Å²) in [7, 11) is 0. The van der Waals surface area contributed by atoms with Gasteiger partial charge in [-0.15, -0.1) is 11.3 Å². The molecule has 0 aliphatic rings. The number of carbonyl (C=O) groups excluding carboxylic acids is 1. The highest BCUT2D eigenvalue weighted by molar-refractivity contribution is 8.00. The van der Waals surface area contributed by atoms with E-state index in [0.29, 0.717) is 13.0 Å². The number of carbonyl (C=O) groups is 1. The van der Waals surface area contributed by atoms with E-state index in [4.69, 9.17) is 4.74 Å². The van der Waals surface area contributed by atoms with Crippen molar-refractivity contribution in [2.24, 2.45) is 0 Å². The molecule has 0 saturated carbocycles. The zero-order valence-electron chi connectivity index (χ0n) is 12.6. The lowest BCUT2D eigenvalue weighted by Crippen LogP contribution is -2.15. The molecule has 0 spiro atoms. The van der Waals surface area contributed by atoms with E-state index < -0.39 is 0 Å². The fourth-order valence-electron chi connectivity index (χ4n) is 2.07. The van der Waals surface area contributed by atoms with Crippen molar-refractivity contribution >= 4 is 44.9 Å². The molecule has 2 aromatic carbocycles. The summed E-state index contributed by atoms with van der Waals surface area (Å²) < 4.78 is 7.64. The number of nitrogens with zero attached hydrogens (tertiary/aromatic N) is 1. The molecule has 1 amide bonds. The molecule has 4 nitrogen and oxygen atoms in total. The molecule has 0 radical (unpaired) electrons. The predicted octanol–water partition coefficient (Wildman–Crippen LogP) is 4.43. The summed E-state index contributed by atoms with van der Waals surface area (Å²) >= 11 is 3.26. The average Bonchev–Trinajstić information content (AvgIpc) is 2.98. The molecule has 1 aromatic heterocycles. The van der Waals surface area contributed by atoms with Crippen LogP contribution in [0.5, 0.6) is 5.75 Å². The maximum atomic E-state index is 12.0. The quantitative estimate of drug-likeness (QED) is 0.672. The average molecular weight is 344 g/mol. The standard InChI is InChI=1S/C17H16N2O2S2/c1-22-17-19-14-8-7-12(11-15(14)23-17)18-16(20)9-10-21-13-5-3-2-4-6-13/h2-8,11H,9-10H2,1H3,(H,18,20). The van der Waals surface area contributed by atoms with E-state index in [1.165, 1.54) is 0 Å². The molecule has 3 aromatic rings. The van der Waals surface area contributed by atoms with Crippen molar-refractivity contribution in [3.8, 4) is 5.75 Å². The van der Waals surface area contributed by atoms with Gasteiger partial charge < -0.3 is 10.1 Å². The molecule has 0 aliphatic carbocycles. The van der Waals surface area contributed by atoms with Crippen molar-refractivity contribution in [3.63, 3.8) is 0 Å². The molecule has 6 heteroatoms. The van der Waals surface area contributed by atoms with Crippen molar-refractivity contribution in [2.75, 3.05) is 18.2 Å². The number of thiazole rings is 1.